The lowest BCUT2D eigenvalue weighted by molar-refractivity contribution is 0.200. The topological polar surface area (TPSA) is 75.4 Å². The highest BCUT2D eigenvalue weighted by Gasteiger charge is 2.22. The van der Waals surface area contributed by atoms with Gasteiger partial charge in [-0.15, -0.1) is 4.83 Å². The number of hydrogen-bond donors (Lipinski definition) is 2. The van der Waals surface area contributed by atoms with Gasteiger partial charge in [-0.05, 0) is 30.5 Å². The molecule has 0 radical (unpaired) electrons. The van der Waals surface area contributed by atoms with Crippen LogP contribution in [0.25, 0.3) is 0 Å². The van der Waals surface area contributed by atoms with E-state index in [1.54, 1.807) is 5.01 Å². The van der Waals surface area contributed by atoms with Gasteiger partial charge in [0.2, 0.25) is 0 Å². The van der Waals surface area contributed by atoms with Gasteiger partial charge in [-0.1, -0.05) is 12.5 Å². The molecule has 0 atom stereocenters. The summed E-state index contributed by atoms with van der Waals surface area (Å²) in [7, 11) is -3.77. The third kappa shape index (κ3) is 3.50. The molecule has 1 aromatic carbocycles. The molecule has 0 spiro atoms. The van der Waals surface area contributed by atoms with E-state index in [0.29, 0.717) is 18.7 Å². The lowest BCUT2D eigenvalue weighted by Crippen LogP contribution is -2.45. The zero-order valence-electron chi connectivity index (χ0n) is 10.6. The molecule has 0 unspecified atom stereocenters. The molecule has 7 heteroatoms. The molecule has 0 aromatic heterocycles. The van der Waals surface area contributed by atoms with E-state index in [4.69, 9.17) is 5.73 Å². The average Bonchev–Trinajstić information content (AvgIpc) is 2.39. The van der Waals surface area contributed by atoms with Crippen LogP contribution in [-0.2, 0) is 16.6 Å². The van der Waals surface area contributed by atoms with Crippen LogP contribution < -0.4 is 10.6 Å². The fraction of sp³-hybridized carbons (Fsp3) is 0.500. The number of hydrogen-bond acceptors (Lipinski definition) is 4. The van der Waals surface area contributed by atoms with Crippen molar-refractivity contribution in [3.05, 3.63) is 29.6 Å². The van der Waals surface area contributed by atoms with Crippen molar-refractivity contribution in [3.8, 4) is 0 Å². The van der Waals surface area contributed by atoms with Crippen LogP contribution in [0.4, 0.5) is 4.39 Å². The predicted octanol–water partition coefficient (Wildman–Crippen LogP) is 0.964. The minimum atomic E-state index is -3.77. The van der Waals surface area contributed by atoms with E-state index in [2.05, 4.69) is 4.83 Å². The Morgan fingerprint density at radius 3 is 2.58 bits per heavy atom. The number of halogens is 1. The summed E-state index contributed by atoms with van der Waals surface area (Å²) in [4.78, 5) is 2.41. The van der Waals surface area contributed by atoms with Gasteiger partial charge < -0.3 is 5.73 Å². The van der Waals surface area contributed by atoms with Crippen molar-refractivity contribution in [2.75, 3.05) is 13.1 Å². The smallest absolute Gasteiger partial charge is 0.253 e. The second-order valence-electron chi connectivity index (χ2n) is 4.60. The second kappa shape index (κ2) is 5.96. The highest BCUT2D eigenvalue weighted by atomic mass is 32.2. The maximum Gasteiger partial charge on any atom is 0.253 e. The number of nitrogens with two attached hydrogens (primary N) is 1. The van der Waals surface area contributed by atoms with Crippen LogP contribution in [-0.4, -0.2) is 26.5 Å². The van der Waals surface area contributed by atoms with Crippen LogP contribution in [0.3, 0.4) is 0 Å². The highest BCUT2D eigenvalue weighted by Crippen LogP contribution is 2.18. The molecule has 5 nitrogen and oxygen atoms in total. The van der Waals surface area contributed by atoms with Gasteiger partial charge in [0.1, 0.15) is 5.82 Å². The van der Waals surface area contributed by atoms with Gasteiger partial charge in [0.15, 0.2) is 0 Å². The Morgan fingerprint density at radius 2 is 1.95 bits per heavy atom. The largest absolute Gasteiger partial charge is 0.326 e. The minimum Gasteiger partial charge on any atom is -0.326 e. The third-order valence-electron chi connectivity index (χ3n) is 3.14. The van der Waals surface area contributed by atoms with Crippen molar-refractivity contribution < 1.29 is 12.8 Å². The van der Waals surface area contributed by atoms with Crippen LogP contribution in [0, 0.1) is 5.82 Å². The number of rotatable bonds is 4. The van der Waals surface area contributed by atoms with Crippen LogP contribution in [0.5, 0.6) is 0 Å². The fourth-order valence-electron chi connectivity index (χ4n) is 2.15. The maximum absolute atomic E-state index is 13.2. The lowest BCUT2D eigenvalue weighted by Gasteiger charge is -2.27. The Morgan fingerprint density at radius 1 is 1.26 bits per heavy atom. The van der Waals surface area contributed by atoms with Crippen LogP contribution in [0.2, 0.25) is 0 Å². The van der Waals surface area contributed by atoms with Crippen molar-refractivity contribution in [2.24, 2.45) is 5.73 Å². The SMILES string of the molecule is NCc1ccc(F)cc1S(=O)(=O)NN1CCCCC1. The van der Waals surface area contributed by atoms with E-state index in [1.807, 2.05) is 0 Å². The molecule has 106 valence electrons. The zero-order valence-corrected chi connectivity index (χ0v) is 11.4. The first-order valence-electron chi connectivity index (χ1n) is 6.29. The Bertz CT molecular complexity index is 542. The van der Waals surface area contributed by atoms with Crippen LogP contribution in [0.15, 0.2) is 23.1 Å². The van der Waals surface area contributed by atoms with E-state index in [1.165, 1.54) is 12.1 Å². The third-order valence-corrected chi connectivity index (χ3v) is 4.60. The van der Waals surface area contributed by atoms with E-state index in [0.717, 1.165) is 25.3 Å². The molecule has 2 rings (SSSR count). The Kier molecular flexibility index (Phi) is 4.51. The summed E-state index contributed by atoms with van der Waals surface area (Å²) >= 11 is 0. The summed E-state index contributed by atoms with van der Waals surface area (Å²) in [5.41, 5.74) is 5.91. The molecule has 1 aliphatic heterocycles. The summed E-state index contributed by atoms with van der Waals surface area (Å²) in [6.45, 7) is 1.40. The molecular weight excluding hydrogens is 269 g/mol. The van der Waals surface area contributed by atoms with E-state index >= 15 is 0 Å². The number of nitrogens with one attached hydrogen (secondary N) is 1. The lowest BCUT2D eigenvalue weighted by atomic mass is 10.2. The molecule has 1 fully saturated rings. The zero-order chi connectivity index (χ0) is 13.9. The van der Waals surface area contributed by atoms with Crippen molar-refractivity contribution in [2.45, 2.75) is 30.7 Å². The first kappa shape index (κ1) is 14.4. The fourth-order valence-corrected chi connectivity index (χ4v) is 3.54. The quantitative estimate of drug-likeness (QED) is 0.865. The summed E-state index contributed by atoms with van der Waals surface area (Å²) in [5, 5.41) is 1.66. The normalized spacial score (nSPS) is 17.6. The summed E-state index contributed by atoms with van der Waals surface area (Å²) in [6.07, 6.45) is 3.01. The standard InChI is InChI=1S/C12H18FN3O2S/c13-11-5-4-10(9-14)12(8-11)19(17,18)15-16-6-2-1-3-7-16/h4-5,8,15H,1-3,6-7,9,14H2. The molecule has 0 aliphatic carbocycles. The minimum absolute atomic E-state index is 0.0521. The molecule has 1 heterocycles. The van der Waals surface area contributed by atoms with Crippen LogP contribution >= 0.6 is 0 Å². The molecule has 0 amide bonds. The highest BCUT2D eigenvalue weighted by molar-refractivity contribution is 7.89. The number of sulfonamides is 1. The molecule has 1 aromatic rings. The Balaban J connectivity index is 2.25. The van der Waals surface area contributed by atoms with Crippen molar-refractivity contribution in [1.82, 2.24) is 9.84 Å². The van der Waals surface area contributed by atoms with Gasteiger partial charge in [-0.3, -0.25) is 0 Å². The van der Waals surface area contributed by atoms with Gasteiger partial charge in [-0.2, -0.15) is 0 Å². The van der Waals surface area contributed by atoms with Crippen molar-refractivity contribution in [3.63, 3.8) is 0 Å². The molecule has 3 N–H and O–H groups in total. The average molecular weight is 287 g/mol. The molecule has 0 saturated carbocycles. The van der Waals surface area contributed by atoms with Gasteiger partial charge >= 0.3 is 0 Å². The molecule has 1 aliphatic rings. The van der Waals surface area contributed by atoms with Crippen molar-refractivity contribution in [1.29, 1.82) is 0 Å². The monoisotopic (exact) mass is 287 g/mol. The second-order valence-corrected chi connectivity index (χ2v) is 6.23. The summed E-state index contributed by atoms with van der Waals surface area (Å²) in [6, 6.07) is 3.62. The number of nitrogens with zero attached hydrogens (tertiary/aromatic N) is 1. The van der Waals surface area contributed by atoms with E-state index in [9.17, 15) is 12.8 Å². The molecular formula is C12H18FN3O2S. The first-order chi connectivity index (χ1) is 9.03. The predicted molar refractivity (Wildman–Crippen MR) is 70.0 cm³/mol. The van der Waals surface area contributed by atoms with Gasteiger partial charge in [0, 0.05) is 19.6 Å². The number of hydrazine groups is 1. The Hall–Kier alpha value is -1.02. The molecule has 19 heavy (non-hydrogen) atoms. The summed E-state index contributed by atoms with van der Waals surface area (Å²) in [5.74, 6) is -0.587. The molecule has 0 bridgehead atoms. The molecule has 1 saturated heterocycles. The van der Waals surface area contributed by atoms with Crippen LogP contribution in [0.1, 0.15) is 24.8 Å². The van der Waals surface area contributed by atoms with Gasteiger partial charge in [-0.25, -0.2) is 17.8 Å². The van der Waals surface area contributed by atoms with E-state index in [-0.39, 0.29) is 11.4 Å². The number of benzene rings is 1. The summed E-state index contributed by atoms with van der Waals surface area (Å²) < 4.78 is 37.8. The van der Waals surface area contributed by atoms with Crippen molar-refractivity contribution >= 4 is 10.0 Å². The maximum atomic E-state index is 13.2. The van der Waals surface area contributed by atoms with Gasteiger partial charge in [0.25, 0.3) is 10.0 Å². The number of piperidine rings is 1. The Labute approximate surface area is 112 Å². The first-order valence-corrected chi connectivity index (χ1v) is 7.77. The van der Waals surface area contributed by atoms with E-state index < -0.39 is 15.8 Å². The van der Waals surface area contributed by atoms with Gasteiger partial charge in [0.05, 0.1) is 4.90 Å².